The van der Waals surface area contributed by atoms with Crippen molar-refractivity contribution >= 4 is 34.8 Å². The van der Waals surface area contributed by atoms with Gasteiger partial charge in [0.25, 0.3) is 5.91 Å². The first kappa shape index (κ1) is 18.1. The fraction of sp³-hybridized carbons (Fsp3) is 0.538. The van der Waals surface area contributed by atoms with E-state index in [1.165, 1.54) is 26.1 Å². The second-order valence-electron chi connectivity index (χ2n) is 5.13. The summed E-state index contributed by atoms with van der Waals surface area (Å²) in [5.41, 5.74) is 0.337. The van der Waals surface area contributed by atoms with Crippen molar-refractivity contribution in [2.24, 2.45) is 5.92 Å². The molecule has 2 atom stereocenters. The molecule has 0 aliphatic heterocycles. The maximum atomic E-state index is 12.2. The molecule has 1 aromatic heterocycles. The van der Waals surface area contributed by atoms with Crippen LogP contribution < -0.4 is 5.32 Å². The lowest BCUT2D eigenvalue weighted by atomic mass is 10.0. The van der Waals surface area contributed by atoms with E-state index < -0.39 is 23.7 Å². The normalized spacial score (nSPS) is 14.6. The summed E-state index contributed by atoms with van der Waals surface area (Å²) in [6.45, 7) is 4.16. The molecule has 1 rings (SSSR count). The lowest BCUT2D eigenvalue weighted by Crippen LogP contribution is -2.43. The first-order valence-electron chi connectivity index (χ1n) is 6.27. The highest BCUT2D eigenvalue weighted by atomic mass is 35.5. The van der Waals surface area contributed by atoms with Gasteiger partial charge in [-0.05, 0) is 19.9 Å². The van der Waals surface area contributed by atoms with Gasteiger partial charge < -0.3 is 20.3 Å². The Kier molecular flexibility index (Phi) is 6.37. The van der Waals surface area contributed by atoms with E-state index in [0.29, 0.717) is 5.69 Å². The molecule has 6 nitrogen and oxygen atoms in total. The largest absolute Gasteiger partial charge is 0.396 e. The van der Waals surface area contributed by atoms with Gasteiger partial charge in [0.05, 0.1) is 16.9 Å². The number of aromatic nitrogens is 1. The molecule has 0 spiro atoms. The van der Waals surface area contributed by atoms with Crippen molar-refractivity contribution in [1.82, 2.24) is 4.98 Å². The van der Waals surface area contributed by atoms with Crippen LogP contribution in [0.1, 0.15) is 20.8 Å². The Morgan fingerprint density at radius 3 is 2.62 bits per heavy atom. The standard InChI is InChI=1S/C13H18Cl2N2O4/c1-7(6-18)10(21-13(2,3)20)12(19)17-8-4-9(14)11(15)16-5-8/h4-5,7,10,18,20H,6H2,1-3H3,(H,17,19)/t7-,10-/m1/s1. The van der Waals surface area contributed by atoms with Crippen molar-refractivity contribution in [3.05, 3.63) is 22.4 Å². The number of amides is 1. The Morgan fingerprint density at radius 1 is 1.52 bits per heavy atom. The number of halogens is 2. The smallest absolute Gasteiger partial charge is 0.254 e. The van der Waals surface area contributed by atoms with Crippen LogP contribution in [0.3, 0.4) is 0 Å². The van der Waals surface area contributed by atoms with Gasteiger partial charge in [-0.2, -0.15) is 0 Å². The maximum Gasteiger partial charge on any atom is 0.254 e. The molecule has 0 saturated carbocycles. The molecule has 118 valence electrons. The van der Waals surface area contributed by atoms with Crippen LogP contribution in [0.25, 0.3) is 0 Å². The summed E-state index contributed by atoms with van der Waals surface area (Å²) in [5.74, 6) is -2.55. The molecule has 1 heterocycles. The summed E-state index contributed by atoms with van der Waals surface area (Å²) in [5, 5.41) is 21.8. The van der Waals surface area contributed by atoms with Crippen molar-refractivity contribution in [3.63, 3.8) is 0 Å². The van der Waals surface area contributed by atoms with Crippen molar-refractivity contribution in [2.45, 2.75) is 32.7 Å². The van der Waals surface area contributed by atoms with Gasteiger partial charge >= 0.3 is 0 Å². The van der Waals surface area contributed by atoms with Crippen molar-refractivity contribution < 1.29 is 19.7 Å². The summed E-state index contributed by atoms with van der Waals surface area (Å²) in [4.78, 5) is 16.0. The van der Waals surface area contributed by atoms with Gasteiger partial charge in [-0.25, -0.2) is 4.98 Å². The van der Waals surface area contributed by atoms with Crippen LogP contribution in [0.15, 0.2) is 12.3 Å². The van der Waals surface area contributed by atoms with Crippen LogP contribution >= 0.6 is 23.2 Å². The monoisotopic (exact) mass is 336 g/mol. The highest BCUT2D eigenvalue weighted by Crippen LogP contribution is 2.23. The van der Waals surface area contributed by atoms with E-state index in [1.54, 1.807) is 6.92 Å². The zero-order chi connectivity index (χ0) is 16.2. The van der Waals surface area contributed by atoms with Crippen LogP contribution in [-0.4, -0.2) is 39.6 Å². The highest BCUT2D eigenvalue weighted by Gasteiger charge is 2.31. The fourth-order valence-electron chi connectivity index (χ4n) is 1.54. The summed E-state index contributed by atoms with van der Waals surface area (Å²) < 4.78 is 5.28. The Bertz CT molecular complexity index is 505. The third-order valence-corrected chi connectivity index (χ3v) is 3.23. The van der Waals surface area contributed by atoms with Crippen LogP contribution in [0.4, 0.5) is 5.69 Å². The Balaban J connectivity index is 2.87. The Hall–Kier alpha value is -0.920. The van der Waals surface area contributed by atoms with Gasteiger partial charge in [0, 0.05) is 12.5 Å². The molecule has 21 heavy (non-hydrogen) atoms. The average molecular weight is 337 g/mol. The minimum Gasteiger partial charge on any atom is -0.396 e. The number of rotatable bonds is 6. The van der Waals surface area contributed by atoms with Gasteiger partial charge in [0.15, 0.2) is 5.79 Å². The molecule has 3 N–H and O–H groups in total. The van der Waals surface area contributed by atoms with E-state index in [2.05, 4.69) is 10.3 Å². The van der Waals surface area contributed by atoms with Crippen molar-refractivity contribution in [3.8, 4) is 0 Å². The van der Waals surface area contributed by atoms with Crippen LogP contribution in [-0.2, 0) is 9.53 Å². The lowest BCUT2D eigenvalue weighted by Gasteiger charge is -2.28. The van der Waals surface area contributed by atoms with Gasteiger partial charge in [0.1, 0.15) is 11.3 Å². The number of nitrogens with zero attached hydrogens (tertiary/aromatic N) is 1. The molecule has 0 bridgehead atoms. The molecule has 0 fully saturated rings. The number of pyridine rings is 1. The molecule has 0 radical (unpaired) electrons. The van der Waals surface area contributed by atoms with Crippen molar-refractivity contribution in [2.75, 3.05) is 11.9 Å². The number of ether oxygens (including phenoxy) is 1. The van der Waals surface area contributed by atoms with Gasteiger partial charge in [-0.15, -0.1) is 0 Å². The van der Waals surface area contributed by atoms with Crippen molar-refractivity contribution in [1.29, 1.82) is 0 Å². The summed E-state index contributed by atoms with van der Waals surface area (Å²) in [7, 11) is 0. The highest BCUT2D eigenvalue weighted by molar-refractivity contribution is 6.41. The molecular weight excluding hydrogens is 319 g/mol. The SMILES string of the molecule is C[C@H](CO)[C@@H](OC(C)(C)O)C(=O)Nc1cnc(Cl)c(Cl)c1. The second kappa shape index (κ2) is 7.38. The van der Waals surface area contributed by atoms with E-state index in [1.807, 2.05) is 0 Å². The molecule has 0 aliphatic carbocycles. The molecule has 0 aromatic carbocycles. The predicted molar refractivity (Wildman–Crippen MR) is 80.3 cm³/mol. The zero-order valence-electron chi connectivity index (χ0n) is 11.9. The van der Waals surface area contributed by atoms with E-state index in [0.717, 1.165) is 0 Å². The van der Waals surface area contributed by atoms with Gasteiger partial charge in [-0.1, -0.05) is 30.1 Å². The number of aliphatic hydroxyl groups excluding tert-OH is 1. The minimum atomic E-state index is -1.51. The van der Waals surface area contributed by atoms with E-state index >= 15 is 0 Å². The van der Waals surface area contributed by atoms with Crippen LogP contribution in [0, 0.1) is 5.92 Å². The summed E-state index contributed by atoms with van der Waals surface area (Å²) >= 11 is 11.5. The third kappa shape index (κ3) is 5.76. The van der Waals surface area contributed by atoms with E-state index in [4.69, 9.17) is 27.9 Å². The molecule has 1 amide bonds. The summed E-state index contributed by atoms with van der Waals surface area (Å²) in [6, 6.07) is 1.44. The lowest BCUT2D eigenvalue weighted by molar-refractivity contribution is -0.215. The molecular formula is C13H18Cl2N2O4. The molecule has 0 aliphatic rings. The fourth-order valence-corrected chi connectivity index (χ4v) is 1.81. The van der Waals surface area contributed by atoms with Gasteiger partial charge in [0.2, 0.25) is 0 Å². The van der Waals surface area contributed by atoms with E-state index in [9.17, 15) is 15.0 Å². The molecule has 8 heteroatoms. The first-order valence-corrected chi connectivity index (χ1v) is 7.02. The van der Waals surface area contributed by atoms with Crippen LogP contribution in [0.2, 0.25) is 10.2 Å². The zero-order valence-corrected chi connectivity index (χ0v) is 13.4. The van der Waals surface area contributed by atoms with Crippen LogP contribution in [0.5, 0.6) is 0 Å². The molecule has 0 unspecified atom stereocenters. The molecule has 1 aromatic rings. The van der Waals surface area contributed by atoms with Gasteiger partial charge in [-0.3, -0.25) is 4.79 Å². The number of hydrogen-bond acceptors (Lipinski definition) is 5. The quantitative estimate of drug-likeness (QED) is 0.546. The average Bonchev–Trinajstić information content (AvgIpc) is 2.38. The summed E-state index contributed by atoms with van der Waals surface area (Å²) in [6.07, 6.45) is 0.307. The second-order valence-corrected chi connectivity index (χ2v) is 5.90. The van der Waals surface area contributed by atoms with E-state index in [-0.39, 0.29) is 16.8 Å². The number of nitrogens with one attached hydrogen (secondary N) is 1. The number of aliphatic hydroxyl groups is 2. The number of carbonyl (C=O) groups excluding carboxylic acids is 1. The first-order chi connectivity index (χ1) is 9.64. The topological polar surface area (TPSA) is 91.7 Å². The minimum absolute atomic E-state index is 0.127. The number of carbonyl (C=O) groups is 1. The molecule has 0 saturated heterocycles. The Morgan fingerprint density at radius 2 is 2.14 bits per heavy atom. The Labute approximate surface area is 133 Å². The predicted octanol–water partition coefficient (Wildman–Crippen LogP) is 2.07. The third-order valence-electron chi connectivity index (χ3n) is 2.54. The number of hydrogen-bond donors (Lipinski definition) is 3. The number of anilines is 1. The maximum absolute atomic E-state index is 12.2.